The molecule has 2 aliphatic rings. The van der Waals surface area contributed by atoms with Gasteiger partial charge in [0.15, 0.2) is 6.10 Å². The molecular weight excluding hydrogens is 314 g/mol. The van der Waals surface area contributed by atoms with Crippen molar-refractivity contribution in [1.82, 2.24) is 5.32 Å². The van der Waals surface area contributed by atoms with Gasteiger partial charge in [-0.2, -0.15) is 0 Å². The van der Waals surface area contributed by atoms with E-state index in [2.05, 4.69) is 24.4 Å². The predicted octanol–water partition coefficient (Wildman–Crippen LogP) is 4.71. The molecule has 0 spiro atoms. The Kier molecular flexibility index (Phi) is 6.60. The molecule has 2 atom stereocenters. The van der Waals surface area contributed by atoms with E-state index in [1.807, 2.05) is 12.1 Å². The molecule has 0 radical (unpaired) electrons. The number of para-hydroxylation sites is 1. The standard InChI is InChI=1S/C21H31NO3/c1-16(13-17-7-3-2-4-8-17)11-12-18-9-5-6-10-20(18)24-15-19-14-22-21(23)25-19/h5-6,9-10,16-17,19H,2-4,7-8,11-15H2,1H3,(H,22,23). The Hall–Kier alpha value is -1.71. The second kappa shape index (κ2) is 9.12. The Morgan fingerprint density at radius 1 is 1.24 bits per heavy atom. The summed E-state index contributed by atoms with van der Waals surface area (Å²) in [5.41, 5.74) is 1.26. The smallest absolute Gasteiger partial charge is 0.407 e. The maximum Gasteiger partial charge on any atom is 0.407 e. The molecule has 1 amide bonds. The van der Waals surface area contributed by atoms with E-state index in [1.54, 1.807) is 0 Å². The average Bonchev–Trinajstić information content (AvgIpc) is 3.05. The third kappa shape index (κ3) is 5.65. The van der Waals surface area contributed by atoms with E-state index < -0.39 is 0 Å². The van der Waals surface area contributed by atoms with Crippen LogP contribution in [0.1, 0.15) is 57.4 Å². The molecule has 4 heteroatoms. The van der Waals surface area contributed by atoms with Gasteiger partial charge >= 0.3 is 6.09 Å². The van der Waals surface area contributed by atoms with Crippen LogP contribution < -0.4 is 10.1 Å². The highest BCUT2D eigenvalue weighted by Gasteiger charge is 2.23. The molecule has 1 aliphatic heterocycles. The summed E-state index contributed by atoms with van der Waals surface area (Å²) in [6.45, 7) is 3.33. The molecule has 0 bridgehead atoms. The Balaban J connectivity index is 1.45. The lowest BCUT2D eigenvalue weighted by Gasteiger charge is -2.24. The topological polar surface area (TPSA) is 47.6 Å². The molecule has 1 saturated carbocycles. The first-order chi connectivity index (χ1) is 12.2. The number of aryl methyl sites for hydroxylation is 1. The second-order valence-electron chi connectivity index (χ2n) is 7.71. The zero-order chi connectivity index (χ0) is 17.5. The minimum atomic E-state index is -0.349. The van der Waals surface area contributed by atoms with Gasteiger partial charge in [-0.05, 0) is 42.7 Å². The Morgan fingerprint density at radius 2 is 2.04 bits per heavy atom. The molecule has 4 nitrogen and oxygen atoms in total. The molecular formula is C21H31NO3. The van der Waals surface area contributed by atoms with Crippen molar-refractivity contribution in [1.29, 1.82) is 0 Å². The molecule has 1 heterocycles. The van der Waals surface area contributed by atoms with Crippen LogP contribution in [0.25, 0.3) is 0 Å². The van der Waals surface area contributed by atoms with Crippen LogP contribution in [0.15, 0.2) is 24.3 Å². The lowest BCUT2D eigenvalue weighted by Crippen LogP contribution is -2.22. The maximum atomic E-state index is 11.1. The molecule has 2 fully saturated rings. The number of hydrogen-bond donors (Lipinski definition) is 1. The fourth-order valence-corrected chi connectivity index (χ4v) is 4.07. The predicted molar refractivity (Wildman–Crippen MR) is 98.9 cm³/mol. The van der Waals surface area contributed by atoms with Crippen LogP contribution in [0.2, 0.25) is 0 Å². The van der Waals surface area contributed by atoms with E-state index in [0.29, 0.717) is 13.2 Å². The van der Waals surface area contributed by atoms with Gasteiger partial charge in [-0.15, -0.1) is 0 Å². The van der Waals surface area contributed by atoms with Gasteiger partial charge in [0, 0.05) is 0 Å². The number of hydrogen-bond acceptors (Lipinski definition) is 3. The van der Waals surface area contributed by atoms with E-state index >= 15 is 0 Å². The van der Waals surface area contributed by atoms with Crippen LogP contribution in [0, 0.1) is 11.8 Å². The van der Waals surface area contributed by atoms with Gasteiger partial charge in [0.2, 0.25) is 0 Å². The van der Waals surface area contributed by atoms with Gasteiger partial charge in [0.25, 0.3) is 0 Å². The second-order valence-corrected chi connectivity index (χ2v) is 7.71. The highest BCUT2D eigenvalue weighted by molar-refractivity contribution is 5.69. The molecule has 2 unspecified atom stereocenters. The molecule has 138 valence electrons. The fourth-order valence-electron chi connectivity index (χ4n) is 4.07. The zero-order valence-corrected chi connectivity index (χ0v) is 15.3. The van der Waals surface area contributed by atoms with Crippen molar-refractivity contribution >= 4 is 6.09 Å². The molecule has 3 rings (SSSR count). The van der Waals surface area contributed by atoms with Crippen molar-refractivity contribution in [2.75, 3.05) is 13.2 Å². The quantitative estimate of drug-likeness (QED) is 0.742. The van der Waals surface area contributed by atoms with Crippen LogP contribution in [-0.4, -0.2) is 25.3 Å². The van der Waals surface area contributed by atoms with E-state index in [4.69, 9.17) is 9.47 Å². The third-order valence-electron chi connectivity index (χ3n) is 5.51. The summed E-state index contributed by atoms with van der Waals surface area (Å²) < 4.78 is 11.1. The number of benzene rings is 1. The number of cyclic esters (lactones) is 1. The largest absolute Gasteiger partial charge is 0.489 e. The van der Waals surface area contributed by atoms with Gasteiger partial charge < -0.3 is 14.8 Å². The summed E-state index contributed by atoms with van der Waals surface area (Å²) in [7, 11) is 0. The SMILES string of the molecule is CC(CCc1ccccc1OCC1CNC(=O)O1)CC1CCCCC1. The van der Waals surface area contributed by atoms with Gasteiger partial charge in [0.1, 0.15) is 12.4 Å². The van der Waals surface area contributed by atoms with Crippen LogP contribution in [0.4, 0.5) is 4.79 Å². The van der Waals surface area contributed by atoms with Gasteiger partial charge in [-0.1, -0.05) is 57.2 Å². The number of carbonyl (C=O) groups excluding carboxylic acids is 1. The van der Waals surface area contributed by atoms with Crippen molar-refractivity contribution in [3.63, 3.8) is 0 Å². The number of carbonyl (C=O) groups is 1. The summed E-state index contributed by atoms with van der Waals surface area (Å²) in [6, 6.07) is 8.25. The van der Waals surface area contributed by atoms with Crippen LogP contribution in [0.3, 0.4) is 0 Å². The molecule has 0 aromatic heterocycles. The summed E-state index contributed by atoms with van der Waals surface area (Å²) in [4.78, 5) is 11.1. The fraction of sp³-hybridized carbons (Fsp3) is 0.667. The monoisotopic (exact) mass is 345 g/mol. The third-order valence-corrected chi connectivity index (χ3v) is 5.51. The normalized spacial score (nSPS) is 22.3. The minimum absolute atomic E-state index is 0.189. The van der Waals surface area contributed by atoms with Crippen LogP contribution >= 0.6 is 0 Å². The number of nitrogens with one attached hydrogen (secondary N) is 1. The van der Waals surface area contributed by atoms with Gasteiger partial charge in [0.05, 0.1) is 6.54 Å². The molecule has 1 aromatic carbocycles. The van der Waals surface area contributed by atoms with Crippen LogP contribution in [-0.2, 0) is 11.2 Å². The lowest BCUT2D eigenvalue weighted by atomic mass is 9.82. The zero-order valence-electron chi connectivity index (χ0n) is 15.3. The summed E-state index contributed by atoms with van der Waals surface area (Å²) in [6.07, 6.45) is 10.2. The number of amides is 1. The van der Waals surface area contributed by atoms with Crippen molar-refractivity contribution in [3.8, 4) is 5.75 Å². The maximum absolute atomic E-state index is 11.1. The molecule has 1 aromatic rings. The summed E-state index contributed by atoms with van der Waals surface area (Å²) in [5, 5.41) is 2.66. The first-order valence-electron chi connectivity index (χ1n) is 9.86. The van der Waals surface area contributed by atoms with Crippen molar-refractivity contribution in [3.05, 3.63) is 29.8 Å². The Morgan fingerprint density at radius 3 is 2.80 bits per heavy atom. The lowest BCUT2D eigenvalue weighted by molar-refractivity contribution is 0.104. The highest BCUT2D eigenvalue weighted by atomic mass is 16.6. The van der Waals surface area contributed by atoms with Crippen molar-refractivity contribution in [2.45, 2.75) is 64.4 Å². The molecule has 25 heavy (non-hydrogen) atoms. The van der Waals surface area contributed by atoms with Crippen LogP contribution in [0.5, 0.6) is 5.75 Å². The molecule has 1 N–H and O–H groups in total. The van der Waals surface area contributed by atoms with Gasteiger partial charge in [-0.3, -0.25) is 0 Å². The van der Waals surface area contributed by atoms with Crippen molar-refractivity contribution < 1.29 is 14.3 Å². The Bertz CT molecular complexity index is 554. The summed E-state index contributed by atoms with van der Waals surface area (Å²) in [5.74, 6) is 2.63. The first kappa shape index (κ1) is 18.1. The first-order valence-corrected chi connectivity index (χ1v) is 9.86. The number of ether oxygens (including phenoxy) is 2. The average molecular weight is 345 g/mol. The van der Waals surface area contributed by atoms with Crippen molar-refractivity contribution in [2.24, 2.45) is 11.8 Å². The minimum Gasteiger partial charge on any atom is -0.489 e. The van der Waals surface area contributed by atoms with E-state index in [9.17, 15) is 4.79 Å². The van der Waals surface area contributed by atoms with E-state index in [-0.39, 0.29) is 12.2 Å². The summed E-state index contributed by atoms with van der Waals surface area (Å²) >= 11 is 0. The Labute approximate surface area is 151 Å². The van der Waals surface area contributed by atoms with E-state index in [1.165, 1.54) is 50.5 Å². The van der Waals surface area contributed by atoms with Gasteiger partial charge in [-0.25, -0.2) is 4.79 Å². The number of alkyl carbamates (subject to hydrolysis) is 1. The molecule has 1 aliphatic carbocycles. The highest BCUT2D eigenvalue weighted by Crippen LogP contribution is 2.31. The number of rotatable bonds is 8. The van der Waals surface area contributed by atoms with E-state index in [0.717, 1.165) is 24.0 Å². The molecule has 1 saturated heterocycles.